The van der Waals surface area contributed by atoms with Gasteiger partial charge >= 0.3 is 12.3 Å². The molecule has 0 aliphatic rings. The lowest BCUT2D eigenvalue weighted by Gasteiger charge is -2.10. The highest BCUT2D eigenvalue weighted by atomic mass is 35.5. The smallest absolute Gasteiger partial charge is 0.465 e. The number of nitrogens with zero attached hydrogens (tertiary/aromatic N) is 3. The van der Waals surface area contributed by atoms with Gasteiger partial charge in [0.25, 0.3) is 0 Å². The van der Waals surface area contributed by atoms with Crippen LogP contribution in [0, 0.1) is 0 Å². The summed E-state index contributed by atoms with van der Waals surface area (Å²) in [6.07, 6.45) is -3.60. The summed E-state index contributed by atoms with van der Waals surface area (Å²) in [6.45, 7) is 0. The molecule has 3 aromatic rings. The van der Waals surface area contributed by atoms with Crippen LogP contribution in [0.1, 0.15) is 10.4 Å². The van der Waals surface area contributed by atoms with E-state index in [9.17, 15) is 18.0 Å². The van der Waals surface area contributed by atoms with Gasteiger partial charge in [0.05, 0.1) is 18.4 Å². The van der Waals surface area contributed by atoms with Gasteiger partial charge in [-0.2, -0.15) is 0 Å². The minimum atomic E-state index is -4.79. The molecule has 134 valence electrons. The number of alkyl halides is 3. The van der Waals surface area contributed by atoms with Crippen molar-refractivity contribution >= 4 is 28.6 Å². The van der Waals surface area contributed by atoms with Crippen molar-refractivity contribution in [2.45, 2.75) is 6.36 Å². The first-order valence-corrected chi connectivity index (χ1v) is 7.42. The number of ether oxygens (including phenoxy) is 2. The lowest BCUT2D eigenvalue weighted by Crippen LogP contribution is -2.16. The Bertz CT molecular complexity index is 978. The molecule has 0 spiro atoms. The van der Waals surface area contributed by atoms with Gasteiger partial charge in [0.2, 0.25) is 0 Å². The zero-order valence-corrected chi connectivity index (χ0v) is 13.8. The van der Waals surface area contributed by atoms with E-state index in [0.29, 0.717) is 5.56 Å². The lowest BCUT2D eigenvalue weighted by molar-refractivity contribution is -0.274. The van der Waals surface area contributed by atoms with Gasteiger partial charge in [-0.15, -0.1) is 13.2 Å². The summed E-state index contributed by atoms with van der Waals surface area (Å²) in [5.41, 5.74) is 1.20. The molecule has 10 heteroatoms. The zero-order valence-electron chi connectivity index (χ0n) is 13.0. The van der Waals surface area contributed by atoms with Gasteiger partial charge in [-0.3, -0.25) is 0 Å². The SMILES string of the molecule is COC(=O)c1cc(-c2ccc(OC(F)(F)F)cc2)nc2c(Cl)ncnc12. The normalized spacial score (nSPS) is 11.4. The van der Waals surface area contributed by atoms with E-state index in [2.05, 4.69) is 19.7 Å². The Morgan fingerprint density at radius 1 is 1.12 bits per heavy atom. The largest absolute Gasteiger partial charge is 0.573 e. The van der Waals surface area contributed by atoms with Crippen molar-refractivity contribution in [1.82, 2.24) is 15.0 Å². The monoisotopic (exact) mass is 383 g/mol. The van der Waals surface area contributed by atoms with Crippen molar-refractivity contribution in [2.24, 2.45) is 0 Å². The second kappa shape index (κ2) is 6.75. The highest BCUT2D eigenvalue weighted by Gasteiger charge is 2.31. The fourth-order valence-electron chi connectivity index (χ4n) is 2.25. The maximum Gasteiger partial charge on any atom is 0.573 e. The molecule has 0 aliphatic carbocycles. The molecule has 0 atom stereocenters. The molecule has 0 aliphatic heterocycles. The highest BCUT2D eigenvalue weighted by Crippen LogP contribution is 2.29. The Kier molecular flexibility index (Phi) is 4.64. The molecule has 0 amide bonds. The van der Waals surface area contributed by atoms with Gasteiger partial charge in [0.15, 0.2) is 5.15 Å². The molecule has 0 N–H and O–H groups in total. The second-order valence-electron chi connectivity index (χ2n) is 4.98. The summed E-state index contributed by atoms with van der Waals surface area (Å²) in [4.78, 5) is 24.1. The van der Waals surface area contributed by atoms with Crippen LogP contribution in [0.4, 0.5) is 13.2 Å². The predicted molar refractivity (Wildman–Crippen MR) is 85.8 cm³/mol. The molecule has 0 unspecified atom stereocenters. The topological polar surface area (TPSA) is 74.2 Å². The maximum atomic E-state index is 12.3. The Labute approximate surface area is 149 Å². The van der Waals surface area contributed by atoms with Crippen LogP contribution in [0.15, 0.2) is 36.7 Å². The summed E-state index contributed by atoms with van der Waals surface area (Å²) in [7, 11) is 1.21. The first-order valence-electron chi connectivity index (χ1n) is 7.04. The van der Waals surface area contributed by atoms with Crippen LogP contribution in [0.3, 0.4) is 0 Å². The van der Waals surface area contributed by atoms with Gasteiger partial charge in [-0.1, -0.05) is 11.6 Å². The zero-order chi connectivity index (χ0) is 18.9. The summed E-state index contributed by atoms with van der Waals surface area (Å²) in [6, 6.07) is 6.42. The first kappa shape index (κ1) is 17.9. The van der Waals surface area contributed by atoms with Crippen molar-refractivity contribution in [3.8, 4) is 17.0 Å². The van der Waals surface area contributed by atoms with Crippen molar-refractivity contribution in [3.05, 3.63) is 47.4 Å². The third-order valence-electron chi connectivity index (χ3n) is 3.34. The number of carbonyl (C=O) groups excluding carboxylic acids is 1. The summed E-state index contributed by atoms with van der Waals surface area (Å²) in [5, 5.41) is 0.0269. The van der Waals surface area contributed by atoms with Crippen LogP contribution in [0.25, 0.3) is 22.3 Å². The number of aromatic nitrogens is 3. The molecule has 0 bridgehead atoms. The van der Waals surface area contributed by atoms with E-state index in [1.165, 1.54) is 31.6 Å². The summed E-state index contributed by atoms with van der Waals surface area (Å²) >= 11 is 6.02. The number of rotatable bonds is 3. The van der Waals surface area contributed by atoms with Crippen LogP contribution < -0.4 is 4.74 Å². The third kappa shape index (κ3) is 3.67. The average Bonchev–Trinajstić information content (AvgIpc) is 2.60. The van der Waals surface area contributed by atoms with E-state index in [0.717, 1.165) is 12.1 Å². The molecular formula is C16H9ClF3N3O3. The second-order valence-corrected chi connectivity index (χ2v) is 5.34. The van der Waals surface area contributed by atoms with E-state index in [1.54, 1.807) is 0 Å². The van der Waals surface area contributed by atoms with Crippen molar-refractivity contribution in [1.29, 1.82) is 0 Å². The number of hydrogen-bond acceptors (Lipinski definition) is 6. The summed E-state index contributed by atoms with van der Waals surface area (Å²) < 4.78 is 45.3. The average molecular weight is 384 g/mol. The number of pyridine rings is 1. The van der Waals surface area contributed by atoms with E-state index >= 15 is 0 Å². The molecule has 2 heterocycles. The summed E-state index contributed by atoms with van der Waals surface area (Å²) in [5.74, 6) is -1.04. The number of methoxy groups -OCH3 is 1. The third-order valence-corrected chi connectivity index (χ3v) is 3.61. The Hall–Kier alpha value is -2.94. The molecule has 6 nitrogen and oxygen atoms in total. The van der Waals surface area contributed by atoms with Gasteiger partial charge in [-0.05, 0) is 30.3 Å². The molecule has 1 aromatic carbocycles. The fourth-order valence-corrected chi connectivity index (χ4v) is 2.43. The van der Waals surface area contributed by atoms with Crippen LogP contribution in [0.2, 0.25) is 5.15 Å². The quantitative estimate of drug-likeness (QED) is 0.502. The number of benzene rings is 1. The van der Waals surface area contributed by atoms with Crippen molar-refractivity contribution < 1.29 is 27.4 Å². The van der Waals surface area contributed by atoms with Crippen LogP contribution in [-0.2, 0) is 4.74 Å². The number of halogens is 4. The van der Waals surface area contributed by atoms with E-state index in [-0.39, 0.29) is 33.2 Å². The fraction of sp³-hybridized carbons (Fsp3) is 0.125. The van der Waals surface area contributed by atoms with E-state index in [1.807, 2.05) is 0 Å². The Morgan fingerprint density at radius 2 is 1.81 bits per heavy atom. The molecular weight excluding hydrogens is 375 g/mol. The molecule has 0 saturated carbocycles. The molecule has 0 saturated heterocycles. The van der Waals surface area contributed by atoms with Crippen LogP contribution >= 0.6 is 11.6 Å². The van der Waals surface area contributed by atoms with Crippen molar-refractivity contribution in [3.63, 3.8) is 0 Å². The molecule has 2 aromatic heterocycles. The minimum absolute atomic E-state index is 0.0269. The van der Waals surface area contributed by atoms with Gasteiger partial charge < -0.3 is 9.47 Å². The number of fused-ring (bicyclic) bond motifs is 1. The van der Waals surface area contributed by atoms with Crippen LogP contribution in [0.5, 0.6) is 5.75 Å². The van der Waals surface area contributed by atoms with E-state index in [4.69, 9.17) is 16.3 Å². The number of esters is 1. The van der Waals surface area contributed by atoms with Crippen molar-refractivity contribution in [2.75, 3.05) is 7.11 Å². The van der Waals surface area contributed by atoms with Gasteiger partial charge in [-0.25, -0.2) is 19.7 Å². The maximum absolute atomic E-state index is 12.3. The first-order chi connectivity index (χ1) is 12.3. The number of carbonyl (C=O) groups is 1. The predicted octanol–water partition coefficient (Wildman–Crippen LogP) is 4.03. The minimum Gasteiger partial charge on any atom is -0.465 e. The van der Waals surface area contributed by atoms with Crippen LogP contribution in [-0.4, -0.2) is 34.4 Å². The van der Waals surface area contributed by atoms with Gasteiger partial charge in [0.1, 0.15) is 23.1 Å². The highest BCUT2D eigenvalue weighted by molar-refractivity contribution is 6.34. The number of hydrogen-bond donors (Lipinski definition) is 0. The molecule has 3 rings (SSSR count). The molecule has 0 fully saturated rings. The Balaban J connectivity index is 2.10. The standard InChI is InChI=1S/C16H9ClF3N3O3/c1-25-15(24)10-6-11(23-13-12(10)21-7-22-14(13)17)8-2-4-9(5-3-8)26-16(18,19)20/h2-7H,1H3. The molecule has 26 heavy (non-hydrogen) atoms. The van der Waals surface area contributed by atoms with Gasteiger partial charge in [0, 0.05) is 5.56 Å². The Morgan fingerprint density at radius 3 is 2.42 bits per heavy atom. The molecule has 0 radical (unpaired) electrons. The van der Waals surface area contributed by atoms with E-state index < -0.39 is 12.3 Å². The lowest BCUT2D eigenvalue weighted by atomic mass is 10.1.